The van der Waals surface area contributed by atoms with Crippen molar-refractivity contribution >= 4 is 21.1 Å². The summed E-state index contributed by atoms with van der Waals surface area (Å²) in [6.07, 6.45) is 1.92. The fourth-order valence-corrected chi connectivity index (χ4v) is 5.84. The van der Waals surface area contributed by atoms with Crippen molar-refractivity contribution in [1.29, 1.82) is 0 Å². The number of methoxy groups -OCH3 is 1. The first-order valence-electron chi connectivity index (χ1n) is 13.0. The highest BCUT2D eigenvalue weighted by Crippen LogP contribution is 2.30. The van der Waals surface area contributed by atoms with E-state index in [1.54, 1.807) is 11.8 Å². The van der Waals surface area contributed by atoms with Crippen LogP contribution in [0.25, 0.3) is 22.4 Å². The molecule has 12 nitrogen and oxygen atoms in total. The van der Waals surface area contributed by atoms with Crippen molar-refractivity contribution in [3.05, 3.63) is 28.3 Å². The van der Waals surface area contributed by atoms with Gasteiger partial charge in [-0.05, 0) is 24.9 Å². The zero-order chi connectivity index (χ0) is 27.4. The number of aromatic nitrogens is 5. The molecule has 4 heterocycles. The highest BCUT2D eigenvalue weighted by atomic mass is 32.2. The lowest BCUT2D eigenvalue weighted by Crippen LogP contribution is -2.48. The Bertz CT molecular complexity index is 1430. The van der Waals surface area contributed by atoms with Crippen LogP contribution in [0.2, 0.25) is 0 Å². The molecule has 1 aliphatic heterocycles. The molecule has 0 unspecified atom stereocenters. The van der Waals surface area contributed by atoms with Crippen molar-refractivity contribution in [3.63, 3.8) is 0 Å². The molecule has 0 atom stereocenters. The predicted molar refractivity (Wildman–Crippen MR) is 144 cm³/mol. The number of rotatable bonds is 11. The lowest BCUT2D eigenvalue weighted by Gasteiger charge is -2.33. The number of pyridine rings is 1. The Kier molecular flexibility index (Phi) is 8.81. The van der Waals surface area contributed by atoms with E-state index in [1.165, 1.54) is 16.6 Å². The first-order chi connectivity index (χ1) is 18.2. The summed E-state index contributed by atoms with van der Waals surface area (Å²) in [5.74, 6) is 0.603. The van der Waals surface area contributed by atoms with Crippen molar-refractivity contribution < 1.29 is 17.9 Å². The van der Waals surface area contributed by atoms with Crippen LogP contribution in [-0.4, -0.2) is 95.4 Å². The molecule has 0 aromatic carbocycles. The summed E-state index contributed by atoms with van der Waals surface area (Å²) >= 11 is 0. The largest absolute Gasteiger partial charge is 0.477 e. The van der Waals surface area contributed by atoms with E-state index in [4.69, 9.17) is 14.5 Å². The molecule has 3 aromatic heterocycles. The van der Waals surface area contributed by atoms with Crippen molar-refractivity contribution in [2.75, 3.05) is 53.0 Å². The summed E-state index contributed by atoms with van der Waals surface area (Å²) in [6, 6.07) is 1.50. The third kappa shape index (κ3) is 5.75. The van der Waals surface area contributed by atoms with Gasteiger partial charge in [0.25, 0.3) is 5.56 Å². The lowest BCUT2D eigenvalue weighted by molar-refractivity contribution is 0.183. The Morgan fingerprint density at radius 1 is 1.13 bits per heavy atom. The van der Waals surface area contributed by atoms with E-state index in [2.05, 4.69) is 26.9 Å². The van der Waals surface area contributed by atoms with Gasteiger partial charge >= 0.3 is 0 Å². The molecular weight excluding hydrogens is 510 g/mol. The first kappa shape index (κ1) is 28.1. The van der Waals surface area contributed by atoms with Crippen molar-refractivity contribution in [2.24, 2.45) is 5.92 Å². The summed E-state index contributed by atoms with van der Waals surface area (Å²) in [5.41, 5.74) is 1.36. The molecule has 1 saturated heterocycles. The van der Waals surface area contributed by atoms with E-state index < -0.39 is 15.6 Å². The number of nitrogens with one attached hydrogen (secondary N) is 1. The molecule has 1 N–H and O–H groups in total. The first-order valence-corrected chi connectivity index (χ1v) is 14.5. The van der Waals surface area contributed by atoms with Gasteiger partial charge in [-0.15, -0.1) is 0 Å². The summed E-state index contributed by atoms with van der Waals surface area (Å²) in [6.45, 7) is 12.3. The minimum absolute atomic E-state index is 0.0311. The number of H-pyrrole nitrogens is 1. The number of likely N-dealkylation sites (N-methyl/N-ethyl adjacent to an activating group) is 1. The van der Waals surface area contributed by atoms with Gasteiger partial charge in [-0.3, -0.25) is 9.48 Å². The van der Waals surface area contributed by atoms with E-state index in [-0.39, 0.29) is 28.0 Å². The molecule has 38 heavy (non-hydrogen) atoms. The van der Waals surface area contributed by atoms with Gasteiger partial charge in [0.2, 0.25) is 15.9 Å². The second-order valence-electron chi connectivity index (χ2n) is 9.69. The van der Waals surface area contributed by atoms with Crippen LogP contribution < -0.4 is 10.3 Å². The average Bonchev–Trinajstić information content (AvgIpc) is 3.28. The van der Waals surface area contributed by atoms with Gasteiger partial charge in [0.1, 0.15) is 16.2 Å². The number of nitrogens with zero attached hydrogens (tertiary/aromatic N) is 6. The molecule has 13 heteroatoms. The summed E-state index contributed by atoms with van der Waals surface area (Å²) in [7, 11) is -2.20. The SMILES string of the molecule is CCc1c2nc(-c3cc(S(=O)(=O)N4CCN(CC)CC4)cnc3OCC(C)C)[nH]c(=O)c2nn1CCOC. The van der Waals surface area contributed by atoms with Crippen LogP contribution in [0.1, 0.15) is 33.4 Å². The van der Waals surface area contributed by atoms with Gasteiger partial charge in [0, 0.05) is 33.3 Å². The smallest absolute Gasteiger partial charge is 0.279 e. The number of piperazine rings is 1. The number of aryl methyl sites for hydroxylation is 1. The highest BCUT2D eigenvalue weighted by molar-refractivity contribution is 7.89. The van der Waals surface area contributed by atoms with Crippen LogP contribution in [-0.2, 0) is 27.7 Å². The molecule has 0 saturated carbocycles. The van der Waals surface area contributed by atoms with Crippen LogP contribution in [0.5, 0.6) is 5.88 Å². The highest BCUT2D eigenvalue weighted by Gasteiger charge is 2.30. The minimum atomic E-state index is -3.81. The number of sulfonamides is 1. The molecule has 0 radical (unpaired) electrons. The molecule has 3 aromatic rings. The second-order valence-corrected chi connectivity index (χ2v) is 11.6. The second kappa shape index (κ2) is 11.9. The van der Waals surface area contributed by atoms with Gasteiger partial charge in [-0.25, -0.2) is 18.4 Å². The van der Waals surface area contributed by atoms with E-state index in [0.717, 1.165) is 12.2 Å². The third-order valence-electron chi connectivity index (χ3n) is 6.59. The monoisotopic (exact) mass is 547 g/mol. The zero-order valence-corrected chi connectivity index (χ0v) is 23.5. The molecule has 0 spiro atoms. The standard InChI is InChI=1S/C25H37N7O5S/c1-6-20-21-22(29-32(20)12-13-36-5)24(33)28-23(27-21)19-14-18(15-26-25(19)37-16-17(3)4)38(34,35)31-10-8-30(7-2)9-11-31/h14-15,17H,6-13,16H2,1-5H3,(H,27,28,33). The number of ether oxygens (including phenoxy) is 2. The van der Waals surface area contributed by atoms with E-state index >= 15 is 0 Å². The predicted octanol–water partition coefficient (Wildman–Crippen LogP) is 1.75. The van der Waals surface area contributed by atoms with Crippen LogP contribution in [0.15, 0.2) is 22.0 Å². The third-order valence-corrected chi connectivity index (χ3v) is 8.46. The Labute approximate surface area is 223 Å². The topological polar surface area (TPSA) is 136 Å². The molecule has 0 aliphatic carbocycles. The van der Waals surface area contributed by atoms with Crippen molar-refractivity contribution in [1.82, 2.24) is 33.9 Å². The summed E-state index contributed by atoms with van der Waals surface area (Å²) in [4.78, 5) is 27.2. The van der Waals surface area contributed by atoms with Crippen molar-refractivity contribution in [3.8, 4) is 17.3 Å². The number of aromatic amines is 1. The maximum absolute atomic E-state index is 13.5. The Morgan fingerprint density at radius 3 is 2.50 bits per heavy atom. The molecular formula is C25H37N7O5S. The number of hydrogen-bond acceptors (Lipinski definition) is 9. The maximum atomic E-state index is 13.5. The summed E-state index contributed by atoms with van der Waals surface area (Å²) < 4.78 is 41.4. The molecule has 1 aliphatic rings. The van der Waals surface area contributed by atoms with Crippen LogP contribution in [0, 0.1) is 5.92 Å². The molecule has 0 amide bonds. The Hall–Kier alpha value is -2.87. The fraction of sp³-hybridized carbons (Fsp3) is 0.600. The molecule has 4 rings (SSSR count). The zero-order valence-electron chi connectivity index (χ0n) is 22.7. The Balaban J connectivity index is 1.81. The van der Waals surface area contributed by atoms with Crippen LogP contribution in [0.4, 0.5) is 0 Å². The van der Waals surface area contributed by atoms with Gasteiger partial charge in [0.05, 0.1) is 37.2 Å². The van der Waals surface area contributed by atoms with E-state index in [9.17, 15) is 13.2 Å². The molecule has 1 fully saturated rings. The normalized spacial score (nSPS) is 15.5. The maximum Gasteiger partial charge on any atom is 0.279 e. The fourth-order valence-electron chi connectivity index (χ4n) is 4.44. The van der Waals surface area contributed by atoms with Gasteiger partial charge in [-0.2, -0.15) is 9.40 Å². The molecule has 208 valence electrons. The number of fused-ring (bicyclic) bond motifs is 1. The minimum Gasteiger partial charge on any atom is -0.477 e. The average molecular weight is 548 g/mol. The quantitative estimate of drug-likeness (QED) is 0.381. The lowest BCUT2D eigenvalue weighted by atomic mass is 10.2. The van der Waals surface area contributed by atoms with Crippen LogP contribution in [0.3, 0.4) is 0 Å². The van der Waals surface area contributed by atoms with Gasteiger partial charge < -0.3 is 19.4 Å². The van der Waals surface area contributed by atoms with Gasteiger partial charge in [0.15, 0.2) is 5.52 Å². The summed E-state index contributed by atoms with van der Waals surface area (Å²) in [5, 5.41) is 4.45. The number of hydrogen-bond donors (Lipinski definition) is 1. The Morgan fingerprint density at radius 2 is 1.87 bits per heavy atom. The molecule has 0 bridgehead atoms. The van der Waals surface area contributed by atoms with Gasteiger partial charge in [-0.1, -0.05) is 27.7 Å². The van der Waals surface area contributed by atoms with E-state index in [1.807, 2.05) is 20.8 Å². The van der Waals surface area contributed by atoms with Crippen molar-refractivity contribution in [2.45, 2.75) is 45.6 Å². The van der Waals surface area contributed by atoms with Crippen LogP contribution >= 0.6 is 0 Å². The van der Waals surface area contributed by atoms with E-state index in [0.29, 0.717) is 63.4 Å².